The van der Waals surface area contributed by atoms with Crippen LogP contribution in [0, 0.1) is 47.3 Å². The molecule has 650 valence electrons. The van der Waals surface area contributed by atoms with E-state index in [1.165, 1.54) is 48.8 Å². The summed E-state index contributed by atoms with van der Waals surface area (Å²) in [5, 5.41) is 78.6. The van der Waals surface area contributed by atoms with Gasteiger partial charge in [0.05, 0.1) is 37.2 Å². The molecule has 14 amide bonds. The van der Waals surface area contributed by atoms with E-state index in [1.54, 1.807) is 34.6 Å². The lowest BCUT2D eigenvalue weighted by Crippen LogP contribution is -2.65. The van der Waals surface area contributed by atoms with Gasteiger partial charge in [0.25, 0.3) is 5.91 Å². The second-order valence-corrected chi connectivity index (χ2v) is 31.4. The van der Waals surface area contributed by atoms with Gasteiger partial charge < -0.3 is 121 Å². The first kappa shape index (κ1) is 101. The number of aliphatic hydroxyl groups is 4. The molecular weight excluding hydrogens is 1490 g/mol. The molecular formula is C75H132N16O23. The molecule has 2 heterocycles. The zero-order valence-corrected chi connectivity index (χ0v) is 68.6. The van der Waals surface area contributed by atoms with Crippen LogP contribution in [0.4, 0.5) is 0 Å². The number of carbonyl (C=O) groups is 16. The van der Waals surface area contributed by atoms with E-state index in [9.17, 15) is 83.1 Å². The first-order chi connectivity index (χ1) is 53.3. The molecule has 39 nitrogen and oxygen atoms in total. The second kappa shape index (κ2) is 49.9. The monoisotopic (exact) mass is 1620 g/mol. The third-order valence-electron chi connectivity index (χ3n) is 21.5. The summed E-state index contributed by atoms with van der Waals surface area (Å²) < 4.78 is 11.8. The van der Waals surface area contributed by atoms with E-state index in [0.717, 1.165) is 22.6 Å². The van der Waals surface area contributed by atoms with Gasteiger partial charge in [-0.15, -0.1) is 0 Å². The van der Waals surface area contributed by atoms with Gasteiger partial charge in [0.2, 0.25) is 76.8 Å². The third kappa shape index (κ3) is 32.1. The molecule has 0 unspecified atom stereocenters. The summed E-state index contributed by atoms with van der Waals surface area (Å²) in [7, 11) is 2.46. The third-order valence-corrected chi connectivity index (χ3v) is 21.5. The Labute approximate surface area is 667 Å². The smallest absolute Gasteiger partial charge is 0.329 e. The highest BCUT2D eigenvalue weighted by atomic mass is 16.5. The van der Waals surface area contributed by atoms with Crippen LogP contribution in [0.5, 0.6) is 0 Å². The summed E-state index contributed by atoms with van der Waals surface area (Å²) in [5.74, 6) is -24.6. The van der Waals surface area contributed by atoms with Crippen molar-refractivity contribution >= 4 is 94.6 Å². The van der Waals surface area contributed by atoms with Crippen molar-refractivity contribution < 1.29 is 112 Å². The maximum Gasteiger partial charge on any atom is 0.329 e. The molecule has 2 aliphatic rings. The fraction of sp³-hybridized carbons (Fsp3) is 0.787. The van der Waals surface area contributed by atoms with Crippen molar-refractivity contribution in [1.82, 2.24) is 57.7 Å². The van der Waals surface area contributed by atoms with E-state index in [1.807, 2.05) is 13.8 Å². The average molecular weight is 1630 g/mol. The Morgan fingerprint density at radius 2 is 1.25 bits per heavy atom. The van der Waals surface area contributed by atoms with Crippen LogP contribution in [0.2, 0.25) is 0 Å². The number of aliphatic carboxylic acids is 1. The molecule has 0 bridgehead atoms. The maximum atomic E-state index is 15.6. The number of ether oxygens (including phenoxy) is 2. The van der Waals surface area contributed by atoms with E-state index in [-0.39, 0.29) is 102 Å². The summed E-state index contributed by atoms with van der Waals surface area (Å²) in [5.41, 5.74) is 28.6. The predicted molar refractivity (Wildman–Crippen MR) is 413 cm³/mol. The van der Waals surface area contributed by atoms with E-state index in [2.05, 4.69) is 47.9 Å². The number of nitrogens with one attached hydrogen (secondary N) is 9. The SMILES string of the molecule is CCC[C@@H](C)C[C@@H](C)[C@@H](O)[C@@H](C)C(=O)N[C@H](CCCN)C(=O)N[C@@H](CCC(N)=O)[C@@H](O)[C@@H](O)C(=O)N[C@H](C(=O)N[C@H]1C(=O)N[C@H](CO)C(=O)N[C@H](CCCN)C(=O)N[C@@H](CC(C)C)C(=O)N(C)[C@@H](CCC(N)=O)CC(=O)N[C@@H]([C@@H](C)OC)C(=O)N[C@H](CC(=O)O)C(=O)N2CCCC[C@H]2C(=O)O[C@@H]1[C@H](C)C(C)C)[C@@H](C)[C@@H](C)C(N)=O. The molecule has 2 aliphatic heterocycles. The number of fused-ring (bicyclic) bond motifs is 1. The summed E-state index contributed by atoms with van der Waals surface area (Å²) >= 11 is 0. The Bertz CT molecular complexity index is 3240. The molecule has 2 rings (SSSR count). The van der Waals surface area contributed by atoms with Crippen molar-refractivity contribution in [3.05, 3.63) is 0 Å². The van der Waals surface area contributed by atoms with Crippen LogP contribution >= 0.6 is 0 Å². The Morgan fingerprint density at radius 3 is 1.80 bits per heavy atom. The summed E-state index contributed by atoms with van der Waals surface area (Å²) in [6, 6.07) is -19.4. The Kier molecular flexibility index (Phi) is 44.3. The number of piperidine rings is 1. The number of nitrogens with two attached hydrogens (primary N) is 5. The molecule has 39 heteroatoms. The number of carboxylic acid groups (broad SMARTS) is 1. The first-order valence-electron chi connectivity index (χ1n) is 39.5. The Hall–Kier alpha value is -8.76. The molecule has 0 aliphatic carbocycles. The number of esters is 1. The van der Waals surface area contributed by atoms with Crippen molar-refractivity contribution in [2.45, 2.75) is 289 Å². The van der Waals surface area contributed by atoms with Crippen LogP contribution < -0.4 is 76.5 Å². The lowest BCUT2D eigenvalue weighted by atomic mass is 9.85. The van der Waals surface area contributed by atoms with Gasteiger partial charge >= 0.3 is 11.9 Å². The molecule has 114 heavy (non-hydrogen) atoms. The predicted octanol–water partition coefficient (Wildman–Crippen LogP) is -4.34. The molecule has 2 saturated heterocycles. The van der Waals surface area contributed by atoms with Crippen molar-refractivity contribution in [3.63, 3.8) is 0 Å². The van der Waals surface area contributed by atoms with Crippen molar-refractivity contribution in [2.24, 2.45) is 76.0 Å². The van der Waals surface area contributed by atoms with Gasteiger partial charge in [-0.25, -0.2) is 4.79 Å². The number of likely N-dealkylation sites (N-methyl/N-ethyl adjacent to an activating group) is 1. The standard InChI is InChI=1S/C75H132N16O23/c1-15-20-38(6)32-39(7)60(98)43(11)65(102)82-47(21-18-28-76)66(103)81-46(25-27-54(79)94)61(99)62(100)72(109)88-57(41(9)42(10)64(80)101)69(106)89-59-63(40(8)37(4)5)114-75(112)52-23-16-17-30-91(52)74(111)50(34-56(96)97)85-70(107)58(44(12)113-14)87-55(95)33-45(24-26-53(78)93)90(13)73(110)49(31-36(2)3)84-67(104)48(22-19-29-77)83-68(105)51(35-92)86-71(59)108/h36-52,57-63,92,98-100H,15-35,76-77H2,1-14H3,(H2,78,93)(H2,79,94)(H2,80,101)(H,81,103)(H,82,102)(H,83,105)(H,84,104)(H,85,107)(H,86,108)(H,87,95)(H,88,109)(H,89,106)(H,96,97)/t38-,39-,40-,41+,42-,43-,44-,45+,46+,47-,48-,49+,50-,51-,52+,57+,58+,59-,60-,61-,62-,63-/m1/s1. The number of carbonyl (C=O) groups excluding carboxylic acids is 15. The van der Waals surface area contributed by atoms with Crippen LogP contribution in [0.3, 0.4) is 0 Å². The average Bonchev–Trinajstić information content (AvgIpc) is 0.803. The number of methoxy groups -OCH3 is 1. The maximum absolute atomic E-state index is 15.6. The minimum atomic E-state index is -2.69. The van der Waals surface area contributed by atoms with Crippen LogP contribution in [-0.4, -0.2) is 267 Å². The van der Waals surface area contributed by atoms with E-state index in [0.29, 0.717) is 6.42 Å². The second-order valence-electron chi connectivity index (χ2n) is 31.4. The fourth-order valence-corrected chi connectivity index (χ4v) is 13.8. The molecule has 24 N–H and O–H groups in total. The summed E-state index contributed by atoms with van der Waals surface area (Å²) in [4.78, 5) is 229. The zero-order valence-electron chi connectivity index (χ0n) is 68.6. The number of carboxylic acids is 1. The largest absolute Gasteiger partial charge is 0.481 e. The number of hydrogen-bond donors (Lipinski definition) is 19. The van der Waals surface area contributed by atoms with Gasteiger partial charge in [0, 0.05) is 51.9 Å². The lowest BCUT2D eigenvalue weighted by Gasteiger charge is -2.39. The van der Waals surface area contributed by atoms with Gasteiger partial charge in [-0.05, 0) is 126 Å². The van der Waals surface area contributed by atoms with Gasteiger partial charge in [0.1, 0.15) is 66.6 Å². The highest BCUT2D eigenvalue weighted by molar-refractivity contribution is 5.99. The normalized spacial score (nSPS) is 24.4. The molecule has 0 aromatic rings. The van der Waals surface area contributed by atoms with Crippen molar-refractivity contribution in [2.75, 3.05) is 40.4 Å². The number of rotatable bonds is 40. The molecule has 2 fully saturated rings. The molecule has 0 saturated carbocycles. The first-order valence-corrected chi connectivity index (χ1v) is 39.5. The van der Waals surface area contributed by atoms with Gasteiger partial charge in [-0.2, -0.15) is 0 Å². The number of amides is 14. The van der Waals surface area contributed by atoms with Gasteiger partial charge in [-0.1, -0.05) is 89.0 Å². The van der Waals surface area contributed by atoms with Crippen molar-refractivity contribution in [3.8, 4) is 0 Å². The number of cyclic esters (lactones) is 1. The van der Waals surface area contributed by atoms with E-state index < -0.39 is 253 Å². The van der Waals surface area contributed by atoms with Crippen LogP contribution in [0.1, 0.15) is 192 Å². The minimum absolute atomic E-state index is 0.0308. The van der Waals surface area contributed by atoms with Gasteiger partial charge in [-0.3, -0.25) is 71.9 Å². The molecule has 0 radical (unpaired) electrons. The highest BCUT2D eigenvalue weighted by Gasteiger charge is 2.48. The van der Waals surface area contributed by atoms with E-state index >= 15 is 19.2 Å². The highest BCUT2D eigenvalue weighted by Crippen LogP contribution is 2.29. The number of nitrogens with zero attached hydrogens (tertiary/aromatic N) is 2. The Balaban J connectivity index is 3.11. The zero-order chi connectivity index (χ0) is 86.9. The molecule has 0 spiro atoms. The fourth-order valence-electron chi connectivity index (χ4n) is 13.8. The number of aliphatic hydroxyl groups excluding tert-OH is 4. The minimum Gasteiger partial charge on any atom is -0.481 e. The lowest BCUT2D eigenvalue weighted by molar-refractivity contribution is -0.168. The van der Waals surface area contributed by atoms with Gasteiger partial charge in [0.15, 0.2) is 6.10 Å². The molecule has 22 atom stereocenters. The van der Waals surface area contributed by atoms with Crippen LogP contribution in [0.15, 0.2) is 0 Å². The summed E-state index contributed by atoms with van der Waals surface area (Å²) in [6.07, 6.45) is -10.7. The Morgan fingerprint density at radius 1 is 0.649 bits per heavy atom. The number of primary amides is 3. The topological polar surface area (TPSA) is 638 Å². The van der Waals surface area contributed by atoms with Crippen molar-refractivity contribution in [1.29, 1.82) is 0 Å². The van der Waals surface area contributed by atoms with Crippen LogP contribution in [-0.2, 0) is 86.2 Å². The van der Waals surface area contributed by atoms with E-state index in [4.69, 9.17) is 38.1 Å². The summed E-state index contributed by atoms with van der Waals surface area (Å²) in [6.45, 7) is 17.6. The molecule has 0 aromatic carbocycles. The van der Waals surface area contributed by atoms with Crippen LogP contribution in [0.25, 0.3) is 0 Å². The molecule has 0 aromatic heterocycles. The number of hydrogen-bond acceptors (Lipinski definition) is 24. The quantitative estimate of drug-likeness (QED) is 0.0258.